The van der Waals surface area contributed by atoms with Crippen LogP contribution >= 0.6 is 11.6 Å². The average molecular weight is 300 g/mol. The fourth-order valence-electron chi connectivity index (χ4n) is 2.36. The summed E-state index contributed by atoms with van der Waals surface area (Å²) in [6, 6.07) is 7.43. The molecule has 0 aromatic heterocycles. The molecule has 1 aromatic rings. The van der Waals surface area contributed by atoms with Gasteiger partial charge in [0.25, 0.3) is 0 Å². The van der Waals surface area contributed by atoms with Crippen molar-refractivity contribution in [2.45, 2.75) is 6.42 Å². The molecule has 5 heteroatoms. The zero-order valence-corrected chi connectivity index (χ0v) is 12.6. The van der Waals surface area contributed by atoms with Crippen LogP contribution in [0.15, 0.2) is 24.3 Å². The maximum Gasteiger partial charge on any atom is 0.120 e. The van der Waals surface area contributed by atoms with E-state index in [2.05, 4.69) is 11.9 Å². The zero-order chi connectivity index (χ0) is 14.4. The standard InChI is InChI=1S/C15H22ClNO3/c1-17(9-15(10-18)11-19-12-15)6-3-7-20-14-5-2-4-13(16)8-14/h2,4-5,8,18H,3,6-7,9-12H2,1H3. The highest BCUT2D eigenvalue weighted by atomic mass is 35.5. The first-order valence-electron chi connectivity index (χ1n) is 6.89. The first kappa shape index (κ1) is 15.6. The SMILES string of the molecule is CN(CCCOc1cccc(Cl)c1)CC1(CO)COC1. The average Bonchev–Trinajstić information content (AvgIpc) is 2.39. The van der Waals surface area contributed by atoms with Crippen molar-refractivity contribution >= 4 is 11.6 Å². The van der Waals surface area contributed by atoms with Gasteiger partial charge in [-0.05, 0) is 31.7 Å². The van der Waals surface area contributed by atoms with Gasteiger partial charge in [0.2, 0.25) is 0 Å². The molecule has 4 nitrogen and oxygen atoms in total. The van der Waals surface area contributed by atoms with E-state index in [1.165, 1.54) is 0 Å². The maximum absolute atomic E-state index is 9.39. The van der Waals surface area contributed by atoms with Gasteiger partial charge in [-0.15, -0.1) is 0 Å². The lowest BCUT2D eigenvalue weighted by molar-refractivity contribution is -0.146. The smallest absolute Gasteiger partial charge is 0.120 e. The number of rotatable bonds is 8. The molecule has 1 aliphatic heterocycles. The number of aliphatic hydroxyl groups excluding tert-OH is 1. The predicted molar refractivity (Wildman–Crippen MR) is 79.4 cm³/mol. The van der Waals surface area contributed by atoms with Crippen LogP contribution in [0.5, 0.6) is 5.75 Å². The molecule has 0 unspecified atom stereocenters. The van der Waals surface area contributed by atoms with E-state index in [0.29, 0.717) is 24.8 Å². The molecule has 0 radical (unpaired) electrons. The first-order valence-corrected chi connectivity index (χ1v) is 7.27. The third-order valence-electron chi connectivity index (χ3n) is 3.51. The van der Waals surface area contributed by atoms with Gasteiger partial charge in [-0.25, -0.2) is 0 Å². The molecule has 1 N–H and O–H groups in total. The van der Waals surface area contributed by atoms with Crippen LogP contribution in [0.1, 0.15) is 6.42 Å². The van der Waals surface area contributed by atoms with Crippen LogP contribution in [-0.4, -0.2) is 56.6 Å². The van der Waals surface area contributed by atoms with Crippen molar-refractivity contribution in [3.8, 4) is 5.75 Å². The van der Waals surface area contributed by atoms with Gasteiger partial charge in [0.15, 0.2) is 0 Å². The Bertz CT molecular complexity index is 418. The summed E-state index contributed by atoms with van der Waals surface area (Å²) in [6.07, 6.45) is 0.936. The van der Waals surface area contributed by atoms with Crippen LogP contribution < -0.4 is 4.74 Å². The van der Waals surface area contributed by atoms with Gasteiger partial charge in [-0.3, -0.25) is 0 Å². The summed E-state index contributed by atoms with van der Waals surface area (Å²) in [4.78, 5) is 2.22. The fraction of sp³-hybridized carbons (Fsp3) is 0.600. The Morgan fingerprint density at radius 1 is 1.45 bits per heavy atom. The molecule has 0 bridgehead atoms. The highest BCUT2D eigenvalue weighted by molar-refractivity contribution is 6.30. The Hall–Kier alpha value is -0.810. The topological polar surface area (TPSA) is 41.9 Å². The molecule has 0 atom stereocenters. The van der Waals surface area contributed by atoms with Gasteiger partial charge in [-0.2, -0.15) is 0 Å². The van der Waals surface area contributed by atoms with Crippen LogP contribution in [0.3, 0.4) is 0 Å². The summed E-state index contributed by atoms with van der Waals surface area (Å²) >= 11 is 5.90. The van der Waals surface area contributed by atoms with E-state index in [4.69, 9.17) is 21.1 Å². The van der Waals surface area contributed by atoms with Crippen LogP contribution in [0.2, 0.25) is 5.02 Å². The monoisotopic (exact) mass is 299 g/mol. The maximum atomic E-state index is 9.39. The van der Waals surface area contributed by atoms with Gasteiger partial charge < -0.3 is 19.5 Å². The predicted octanol–water partition coefficient (Wildman–Crippen LogP) is 2.05. The minimum absolute atomic E-state index is 0.0530. The minimum atomic E-state index is -0.0530. The second-order valence-electron chi connectivity index (χ2n) is 5.55. The van der Waals surface area contributed by atoms with E-state index >= 15 is 0 Å². The Kier molecular flexibility index (Phi) is 5.66. The summed E-state index contributed by atoms with van der Waals surface area (Å²) in [5.41, 5.74) is -0.0530. The number of nitrogens with zero attached hydrogens (tertiary/aromatic N) is 1. The quantitative estimate of drug-likeness (QED) is 0.746. The molecule has 0 saturated carbocycles. The molecule has 1 aromatic carbocycles. The third kappa shape index (κ3) is 4.35. The third-order valence-corrected chi connectivity index (χ3v) is 3.74. The van der Waals surface area contributed by atoms with E-state index in [-0.39, 0.29) is 12.0 Å². The summed E-state index contributed by atoms with van der Waals surface area (Å²) in [5, 5.41) is 10.1. The van der Waals surface area contributed by atoms with Gasteiger partial charge in [0.05, 0.1) is 31.8 Å². The van der Waals surface area contributed by atoms with Crippen LogP contribution in [-0.2, 0) is 4.74 Å². The molecule has 1 heterocycles. The lowest BCUT2D eigenvalue weighted by Crippen LogP contribution is -2.52. The number of benzene rings is 1. The van der Waals surface area contributed by atoms with Gasteiger partial charge >= 0.3 is 0 Å². The lowest BCUT2D eigenvalue weighted by atomic mass is 9.86. The molecular formula is C15H22ClNO3. The number of hydrogen-bond acceptors (Lipinski definition) is 4. The van der Waals surface area contributed by atoms with E-state index in [1.807, 2.05) is 24.3 Å². The van der Waals surface area contributed by atoms with Crippen LogP contribution in [0, 0.1) is 5.41 Å². The molecule has 2 rings (SSSR count). The highest BCUT2D eigenvalue weighted by Gasteiger charge is 2.38. The Morgan fingerprint density at radius 3 is 2.85 bits per heavy atom. The number of ether oxygens (including phenoxy) is 2. The first-order chi connectivity index (χ1) is 9.63. The van der Waals surface area contributed by atoms with Crippen molar-refractivity contribution in [2.24, 2.45) is 5.41 Å². The van der Waals surface area contributed by atoms with Crippen molar-refractivity contribution in [3.63, 3.8) is 0 Å². The summed E-state index contributed by atoms with van der Waals surface area (Å²) in [6.45, 7) is 3.96. The van der Waals surface area contributed by atoms with E-state index < -0.39 is 0 Å². The Balaban J connectivity index is 1.63. The molecule has 1 fully saturated rings. The van der Waals surface area contributed by atoms with Crippen molar-refractivity contribution in [1.82, 2.24) is 4.90 Å². The number of halogens is 1. The Morgan fingerprint density at radius 2 is 2.25 bits per heavy atom. The lowest BCUT2D eigenvalue weighted by Gasteiger charge is -2.42. The molecule has 112 valence electrons. The minimum Gasteiger partial charge on any atom is -0.493 e. The van der Waals surface area contributed by atoms with Crippen LogP contribution in [0.4, 0.5) is 0 Å². The second kappa shape index (κ2) is 7.27. The van der Waals surface area contributed by atoms with E-state index in [9.17, 15) is 5.11 Å². The normalized spacial score (nSPS) is 17.0. The molecule has 1 aliphatic rings. The van der Waals surface area contributed by atoms with Crippen LogP contribution in [0.25, 0.3) is 0 Å². The summed E-state index contributed by atoms with van der Waals surface area (Å²) in [7, 11) is 2.06. The molecular weight excluding hydrogens is 278 g/mol. The second-order valence-corrected chi connectivity index (χ2v) is 5.98. The largest absolute Gasteiger partial charge is 0.493 e. The molecule has 20 heavy (non-hydrogen) atoms. The zero-order valence-electron chi connectivity index (χ0n) is 11.8. The Labute approximate surface area is 125 Å². The van der Waals surface area contributed by atoms with Gasteiger partial charge in [0, 0.05) is 18.1 Å². The van der Waals surface area contributed by atoms with E-state index in [0.717, 1.165) is 25.3 Å². The molecule has 0 aliphatic carbocycles. The van der Waals surface area contributed by atoms with Crippen molar-refractivity contribution < 1.29 is 14.6 Å². The summed E-state index contributed by atoms with van der Waals surface area (Å²) in [5.74, 6) is 0.805. The molecule has 0 amide bonds. The summed E-state index contributed by atoms with van der Waals surface area (Å²) < 4.78 is 10.8. The molecule has 1 saturated heterocycles. The van der Waals surface area contributed by atoms with E-state index in [1.54, 1.807) is 0 Å². The van der Waals surface area contributed by atoms with Gasteiger partial charge in [0.1, 0.15) is 5.75 Å². The van der Waals surface area contributed by atoms with Crippen molar-refractivity contribution in [2.75, 3.05) is 46.6 Å². The van der Waals surface area contributed by atoms with Crippen molar-refractivity contribution in [3.05, 3.63) is 29.3 Å². The number of aliphatic hydroxyl groups is 1. The van der Waals surface area contributed by atoms with Gasteiger partial charge in [-0.1, -0.05) is 17.7 Å². The van der Waals surface area contributed by atoms with Crippen molar-refractivity contribution in [1.29, 1.82) is 0 Å². The fourth-order valence-corrected chi connectivity index (χ4v) is 2.54. The molecule has 0 spiro atoms. The highest BCUT2D eigenvalue weighted by Crippen LogP contribution is 2.27. The number of hydrogen-bond donors (Lipinski definition) is 1.